The number of quaternary nitrogens is 1. The van der Waals surface area contributed by atoms with E-state index >= 15 is 0 Å². The fraction of sp³-hybridized carbons (Fsp3) is 0.333. The summed E-state index contributed by atoms with van der Waals surface area (Å²) in [4.78, 5) is 14.6. The molecule has 0 spiro atoms. The van der Waals surface area contributed by atoms with Crippen LogP contribution in [0.5, 0.6) is 5.75 Å². The van der Waals surface area contributed by atoms with Crippen LogP contribution in [-0.4, -0.2) is 49.0 Å². The number of halogens is 1. The molecule has 2 heterocycles. The molecule has 0 radical (unpaired) electrons. The maximum Gasteiger partial charge on any atom is 0.270 e. The van der Waals surface area contributed by atoms with E-state index in [1.165, 1.54) is 49.4 Å². The van der Waals surface area contributed by atoms with Crippen LogP contribution in [0.1, 0.15) is 29.8 Å². The van der Waals surface area contributed by atoms with E-state index in [9.17, 15) is 9.18 Å². The standard InChI is InChI=1S/C24H27FN4O2/c1-31-21-11-5-18(6-12-21)22-17-23(29(27-22)20-9-7-19(25)8-10-20)24(30)26-13-16-28-14-3-2-4-15-28/h5-12,17H,2-4,13-16H2,1H3,(H,26,30)/p+1. The van der Waals surface area contributed by atoms with Crippen molar-refractivity contribution < 1.29 is 18.8 Å². The SMILES string of the molecule is COc1ccc(-c2cc(C(=O)NCC[NH+]3CCCCC3)n(-c3ccc(F)cc3)n2)cc1. The molecule has 6 nitrogen and oxygen atoms in total. The fourth-order valence-corrected chi connectivity index (χ4v) is 3.97. The van der Waals surface area contributed by atoms with Crippen molar-refractivity contribution in [2.45, 2.75) is 19.3 Å². The lowest BCUT2D eigenvalue weighted by Gasteiger charge is -2.23. The number of hydrogen-bond donors (Lipinski definition) is 2. The molecule has 3 aromatic rings. The van der Waals surface area contributed by atoms with Crippen LogP contribution in [0.2, 0.25) is 0 Å². The molecule has 162 valence electrons. The number of nitrogens with one attached hydrogen (secondary N) is 2. The molecule has 31 heavy (non-hydrogen) atoms. The van der Waals surface area contributed by atoms with Gasteiger partial charge in [0.2, 0.25) is 0 Å². The summed E-state index contributed by atoms with van der Waals surface area (Å²) in [5, 5.41) is 7.68. The van der Waals surface area contributed by atoms with E-state index in [0.717, 1.165) is 17.9 Å². The first-order valence-corrected chi connectivity index (χ1v) is 10.8. The Morgan fingerprint density at radius 2 is 1.81 bits per heavy atom. The summed E-state index contributed by atoms with van der Waals surface area (Å²) in [5.74, 6) is 0.231. The van der Waals surface area contributed by atoms with Gasteiger partial charge in [-0.05, 0) is 73.9 Å². The minimum atomic E-state index is -0.332. The van der Waals surface area contributed by atoms with Crippen molar-refractivity contribution in [1.29, 1.82) is 0 Å². The number of ether oxygens (including phenoxy) is 1. The Bertz CT molecular complexity index is 1010. The van der Waals surface area contributed by atoms with Crippen molar-refractivity contribution >= 4 is 5.91 Å². The van der Waals surface area contributed by atoms with Gasteiger partial charge in [-0.25, -0.2) is 9.07 Å². The number of rotatable bonds is 7. The molecule has 0 saturated carbocycles. The van der Waals surface area contributed by atoms with Crippen LogP contribution in [0.3, 0.4) is 0 Å². The monoisotopic (exact) mass is 423 g/mol. The van der Waals surface area contributed by atoms with E-state index in [-0.39, 0.29) is 11.7 Å². The van der Waals surface area contributed by atoms with Crippen LogP contribution in [0.4, 0.5) is 4.39 Å². The van der Waals surface area contributed by atoms with E-state index in [1.54, 1.807) is 30.0 Å². The highest BCUT2D eigenvalue weighted by molar-refractivity contribution is 5.94. The Morgan fingerprint density at radius 1 is 1.10 bits per heavy atom. The maximum absolute atomic E-state index is 13.4. The second kappa shape index (κ2) is 9.75. The van der Waals surface area contributed by atoms with Crippen LogP contribution in [-0.2, 0) is 0 Å². The van der Waals surface area contributed by atoms with Crippen LogP contribution in [0.15, 0.2) is 54.6 Å². The first kappa shape index (κ1) is 21.1. The lowest BCUT2D eigenvalue weighted by molar-refractivity contribution is -0.903. The van der Waals surface area contributed by atoms with E-state index in [2.05, 4.69) is 10.4 Å². The molecule has 0 unspecified atom stereocenters. The van der Waals surface area contributed by atoms with E-state index in [0.29, 0.717) is 23.6 Å². The summed E-state index contributed by atoms with van der Waals surface area (Å²) in [6, 6.07) is 15.3. The zero-order valence-electron chi connectivity index (χ0n) is 17.7. The van der Waals surface area contributed by atoms with Crippen molar-refractivity contribution in [3.8, 4) is 22.7 Å². The van der Waals surface area contributed by atoms with Gasteiger partial charge < -0.3 is 15.0 Å². The maximum atomic E-state index is 13.4. The molecule has 7 heteroatoms. The number of nitrogens with zero attached hydrogens (tertiary/aromatic N) is 2. The summed E-state index contributed by atoms with van der Waals surface area (Å²) in [7, 11) is 1.62. The van der Waals surface area contributed by atoms with Gasteiger partial charge in [-0.3, -0.25) is 4.79 Å². The van der Waals surface area contributed by atoms with Gasteiger partial charge in [-0.1, -0.05) is 0 Å². The average molecular weight is 424 g/mol. The summed E-state index contributed by atoms with van der Waals surface area (Å²) in [6.07, 6.45) is 3.82. The van der Waals surface area contributed by atoms with Crippen LogP contribution in [0, 0.1) is 5.82 Å². The molecule has 1 fully saturated rings. The second-order valence-electron chi connectivity index (χ2n) is 7.85. The molecular weight excluding hydrogens is 395 g/mol. The molecule has 2 N–H and O–H groups in total. The normalized spacial score (nSPS) is 14.4. The smallest absolute Gasteiger partial charge is 0.270 e. The number of amides is 1. The summed E-state index contributed by atoms with van der Waals surface area (Å²) in [5.41, 5.74) is 2.59. The van der Waals surface area contributed by atoms with Crippen LogP contribution >= 0.6 is 0 Å². The van der Waals surface area contributed by atoms with Crippen molar-refractivity contribution in [1.82, 2.24) is 15.1 Å². The number of benzene rings is 2. The number of hydrogen-bond acceptors (Lipinski definition) is 3. The van der Waals surface area contributed by atoms with Gasteiger partial charge in [0.15, 0.2) is 0 Å². The third kappa shape index (κ3) is 5.11. The van der Waals surface area contributed by atoms with Crippen LogP contribution in [0.25, 0.3) is 16.9 Å². The minimum absolute atomic E-state index is 0.187. The van der Waals surface area contributed by atoms with Crippen molar-refractivity contribution in [3.63, 3.8) is 0 Å². The summed E-state index contributed by atoms with van der Waals surface area (Å²) < 4.78 is 20.2. The Labute approximate surface area is 181 Å². The Hall–Kier alpha value is -3.19. The number of aromatic nitrogens is 2. The minimum Gasteiger partial charge on any atom is -0.497 e. The highest BCUT2D eigenvalue weighted by Crippen LogP contribution is 2.24. The lowest BCUT2D eigenvalue weighted by atomic mass is 10.1. The molecule has 0 atom stereocenters. The highest BCUT2D eigenvalue weighted by Gasteiger charge is 2.19. The molecule has 1 amide bonds. The molecule has 2 aromatic carbocycles. The number of carbonyl (C=O) groups excluding carboxylic acids is 1. The Morgan fingerprint density at radius 3 is 2.48 bits per heavy atom. The Balaban J connectivity index is 1.56. The van der Waals surface area contributed by atoms with Gasteiger partial charge in [0, 0.05) is 5.56 Å². The molecule has 4 rings (SSSR count). The quantitative estimate of drug-likeness (QED) is 0.614. The highest BCUT2D eigenvalue weighted by atomic mass is 19.1. The molecule has 1 aliphatic rings. The van der Waals surface area contributed by atoms with Gasteiger partial charge in [-0.15, -0.1) is 0 Å². The van der Waals surface area contributed by atoms with E-state index < -0.39 is 0 Å². The van der Waals surface area contributed by atoms with E-state index in [4.69, 9.17) is 4.74 Å². The third-order valence-electron chi connectivity index (χ3n) is 5.72. The van der Waals surface area contributed by atoms with Crippen molar-refractivity contribution in [2.24, 2.45) is 0 Å². The molecule has 1 aliphatic heterocycles. The lowest BCUT2D eigenvalue weighted by Crippen LogP contribution is -3.13. The predicted molar refractivity (Wildman–Crippen MR) is 117 cm³/mol. The summed E-state index contributed by atoms with van der Waals surface area (Å²) >= 11 is 0. The number of methoxy groups -OCH3 is 1. The zero-order chi connectivity index (χ0) is 21.6. The van der Waals surface area contributed by atoms with Gasteiger partial charge in [0.25, 0.3) is 5.91 Å². The summed E-state index contributed by atoms with van der Waals surface area (Å²) in [6.45, 7) is 3.87. The largest absolute Gasteiger partial charge is 0.497 e. The van der Waals surface area contributed by atoms with Gasteiger partial charge >= 0.3 is 0 Å². The fourth-order valence-electron chi connectivity index (χ4n) is 3.97. The first-order chi connectivity index (χ1) is 15.1. The van der Waals surface area contributed by atoms with E-state index in [1.807, 2.05) is 24.3 Å². The third-order valence-corrected chi connectivity index (χ3v) is 5.72. The number of likely N-dealkylation sites (tertiary alicyclic amines) is 1. The second-order valence-corrected chi connectivity index (χ2v) is 7.85. The van der Waals surface area contributed by atoms with Crippen molar-refractivity contribution in [2.75, 3.05) is 33.3 Å². The topological polar surface area (TPSA) is 60.6 Å². The molecular formula is C24H28FN4O2+. The van der Waals surface area contributed by atoms with Gasteiger partial charge in [-0.2, -0.15) is 5.10 Å². The average Bonchev–Trinajstić information content (AvgIpc) is 3.26. The van der Waals surface area contributed by atoms with Crippen LogP contribution < -0.4 is 15.0 Å². The Kier molecular flexibility index (Phi) is 6.62. The molecule has 1 saturated heterocycles. The first-order valence-electron chi connectivity index (χ1n) is 10.8. The molecule has 0 bridgehead atoms. The number of piperidine rings is 1. The zero-order valence-corrected chi connectivity index (χ0v) is 17.7. The molecule has 1 aromatic heterocycles. The van der Waals surface area contributed by atoms with Gasteiger partial charge in [0.05, 0.1) is 44.7 Å². The predicted octanol–water partition coefficient (Wildman–Crippen LogP) is 2.49. The van der Waals surface area contributed by atoms with Crippen molar-refractivity contribution in [3.05, 3.63) is 66.1 Å². The molecule has 0 aliphatic carbocycles. The number of carbonyl (C=O) groups is 1. The van der Waals surface area contributed by atoms with Gasteiger partial charge in [0.1, 0.15) is 17.3 Å².